The standard InChI is InChI=1S/C18H17N5/c1-14-18(22-21-15-9-5-3-6-10-15)17(19-2)13-20-23(14)16-11-7-4-8-12-16/h3-13H,1-2H3/p+1. The summed E-state index contributed by atoms with van der Waals surface area (Å²) in [5.41, 5.74) is 4.34. The van der Waals surface area contributed by atoms with E-state index in [9.17, 15) is 0 Å². The van der Waals surface area contributed by atoms with E-state index in [1.165, 1.54) is 0 Å². The van der Waals surface area contributed by atoms with Crippen LogP contribution in [-0.2, 0) is 0 Å². The number of aromatic nitrogens is 2. The fourth-order valence-corrected chi connectivity index (χ4v) is 2.30. The number of rotatable bonds is 4. The van der Waals surface area contributed by atoms with Crippen molar-refractivity contribution in [1.29, 1.82) is 0 Å². The summed E-state index contributed by atoms with van der Waals surface area (Å²) in [4.78, 5) is 0. The molecule has 0 fully saturated rings. The van der Waals surface area contributed by atoms with Crippen LogP contribution >= 0.6 is 0 Å². The number of azo groups is 1. The third-order valence-electron chi connectivity index (χ3n) is 3.51. The Morgan fingerprint density at radius 3 is 2.22 bits per heavy atom. The summed E-state index contributed by atoms with van der Waals surface area (Å²) in [6, 6.07) is 19.7. The topological polar surface area (TPSA) is 53.5 Å². The van der Waals surface area contributed by atoms with Crippen LogP contribution in [0.5, 0.6) is 0 Å². The molecule has 5 heteroatoms. The lowest BCUT2D eigenvalue weighted by Gasteiger charge is -2.05. The Morgan fingerprint density at radius 1 is 0.913 bits per heavy atom. The van der Waals surface area contributed by atoms with Gasteiger partial charge in [-0.3, -0.25) is 0 Å². The highest BCUT2D eigenvalue weighted by Crippen LogP contribution is 2.27. The second kappa shape index (κ2) is 6.79. The predicted octanol–water partition coefficient (Wildman–Crippen LogP) is 4.12. The van der Waals surface area contributed by atoms with E-state index in [1.807, 2.05) is 79.3 Å². The van der Waals surface area contributed by atoms with Crippen molar-refractivity contribution in [2.45, 2.75) is 6.92 Å². The molecule has 0 aliphatic rings. The van der Waals surface area contributed by atoms with Gasteiger partial charge in [-0.15, -0.1) is 5.11 Å². The van der Waals surface area contributed by atoms with Crippen LogP contribution in [0.25, 0.3) is 5.69 Å². The molecular formula is C18H18N5+. The first kappa shape index (κ1) is 14.8. The van der Waals surface area contributed by atoms with E-state index in [2.05, 4.69) is 20.6 Å². The molecule has 114 valence electrons. The maximum Gasteiger partial charge on any atom is 0.241 e. The molecule has 0 atom stereocenters. The largest absolute Gasteiger partial charge is 0.385 e. The van der Waals surface area contributed by atoms with Crippen LogP contribution in [-0.4, -0.2) is 12.1 Å². The number of benzene rings is 2. The van der Waals surface area contributed by atoms with E-state index in [4.69, 9.17) is 0 Å². The molecule has 0 saturated heterocycles. The molecule has 0 amide bonds. The molecule has 2 aromatic carbocycles. The molecule has 0 aliphatic carbocycles. The Kier molecular flexibility index (Phi) is 4.38. The number of nitrogens with one attached hydrogen (secondary N) is 1. The molecule has 3 rings (SSSR count). The Balaban J connectivity index is 2.06. The zero-order chi connectivity index (χ0) is 16.1. The molecule has 5 nitrogen and oxygen atoms in total. The Bertz CT molecular complexity index is 814. The minimum absolute atomic E-state index is 0.773. The highest BCUT2D eigenvalue weighted by Gasteiger charge is 2.20. The van der Waals surface area contributed by atoms with Crippen LogP contribution < -0.4 is 10.00 Å². The van der Waals surface area contributed by atoms with E-state index < -0.39 is 0 Å². The summed E-state index contributed by atoms with van der Waals surface area (Å²) < 4.78 is 1.86. The maximum absolute atomic E-state index is 4.49. The SMILES string of the molecule is CNc1cn[n+](-c2ccccc2)c(C)c1N=Nc1ccccc1. The molecule has 0 radical (unpaired) electrons. The molecule has 0 spiro atoms. The number of hydrogen-bond donors (Lipinski definition) is 1. The second-order valence-electron chi connectivity index (χ2n) is 5.03. The molecule has 0 unspecified atom stereocenters. The van der Waals surface area contributed by atoms with Crippen molar-refractivity contribution in [1.82, 2.24) is 5.10 Å². The first-order valence-electron chi connectivity index (χ1n) is 7.41. The van der Waals surface area contributed by atoms with Gasteiger partial charge in [0.05, 0.1) is 11.4 Å². The van der Waals surface area contributed by atoms with Crippen LogP contribution in [0.2, 0.25) is 0 Å². The average Bonchev–Trinajstić information content (AvgIpc) is 2.62. The van der Waals surface area contributed by atoms with Gasteiger partial charge in [0.2, 0.25) is 11.4 Å². The van der Waals surface area contributed by atoms with E-state index in [-0.39, 0.29) is 0 Å². The monoisotopic (exact) mass is 304 g/mol. The molecule has 23 heavy (non-hydrogen) atoms. The number of nitrogens with zero attached hydrogens (tertiary/aromatic N) is 4. The summed E-state index contributed by atoms with van der Waals surface area (Å²) >= 11 is 0. The lowest BCUT2D eigenvalue weighted by molar-refractivity contribution is -0.665. The Labute approximate surface area is 135 Å². The van der Waals surface area contributed by atoms with Crippen LogP contribution in [0.3, 0.4) is 0 Å². The predicted molar refractivity (Wildman–Crippen MR) is 90.7 cm³/mol. The number of hydrogen-bond acceptors (Lipinski definition) is 4. The van der Waals surface area contributed by atoms with Crippen molar-refractivity contribution in [3.63, 3.8) is 0 Å². The van der Waals surface area contributed by atoms with Crippen LogP contribution in [0, 0.1) is 6.92 Å². The molecule has 0 aliphatic heterocycles. The Morgan fingerprint density at radius 2 is 1.57 bits per heavy atom. The minimum atomic E-state index is 0.773. The average molecular weight is 304 g/mol. The highest BCUT2D eigenvalue weighted by molar-refractivity contribution is 5.64. The molecule has 1 heterocycles. The van der Waals surface area contributed by atoms with Crippen LogP contribution in [0.1, 0.15) is 5.69 Å². The molecular weight excluding hydrogens is 286 g/mol. The van der Waals surface area contributed by atoms with Crippen molar-refractivity contribution in [3.8, 4) is 5.69 Å². The normalized spacial score (nSPS) is 10.9. The minimum Gasteiger partial charge on any atom is -0.385 e. The quantitative estimate of drug-likeness (QED) is 0.582. The van der Waals surface area contributed by atoms with Crippen LogP contribution in [0.4, 0.5) is 17.1 Å². The van der Waals surface area contributed by atoms with Gasteiger partial charge in [0, 0.05) is 31.2 Å². The van der Waals surface area contributed by atoms with E-state index in [0.717, 1.165) is 28.4 Å². The van der Waals surface area contributed by atoms with Crippen molar-refractivity contribution >= 4 is 17.1 Å². The van der Waals surface area contributed by atoms with Crippen molar-refractivity contribution in [2.75, 3.05) is 12.4 Å². The summed E-state index contributed by atoms with van der Waals surface area (Å²) in [6.45, 7) is 1.99. The summed E-state index contributed by atoms with van der Waals surface area (Å²) in [5.74, 6) is 0. The maximum atomic E-state index is 4.49. The fourth-order valence-electron chi connectivity index (χ4n) is 2.30. The van der Waals surface area contributed by atoms with Gasteiger partial charge in [0.15, 0.2) is 5.69 Å². The van der Waals surface area contributed by atoms with E-state index >= 15 is 0 Å². The van der Waals surface area contributed by atoms with Crippen molar-refractivity contribution in [2.24, 2.45) is 10.2 Å². The van der Waals surface area contributed by atoms with Gasteiger partial charge >= 0.3 is 0 Å². The van der Waals surface area contributed by atoms with Gasteiger partial charge in [0.1, 0.15) is 6.20 Å². The van der Waals surface area contributed by atoms with Gasteiger partial charge in [-0.2, -0.15) is 5.11 Å². The lowest BCUT2D eigenvalue weighted by atomic mass is 10.2. The molecule has 1 N–H and O–H groups in total. The van der Waals surface area contributed by atoms with Gasteiger partial charge in [0.25, 0.3) is 0 Å². The molecule has 0 saturated carbocycles. The third-order valence-corrected chi connectivity index (χ3v) is 3.51. The molecule has 3 aromatic rings. The highest BCUT2D eigenvalue weighted by atomic mass is 15.3. The van der Waals surface area contributed by atoms with Gasteiger partial charge in [-0.25, -0.2) is 0 Å². The summed E-state index contributed by atoms with van der Waals surface area (Å²) in [7, 11) is 1.85. The van der Waals surface area contributed by atoms with E-state index in [0.29, 0.717) is 0 Å². The third kappa shape index (κ3) is 3.23. The van der Waals surface area contributed by atoms with Gasteiger partial charge in [-0.05, 0) is 16.8 Å². The number of anilines is 1. The van der Waals surface area contributed by atoms with Crippen LogP contribution in [0.15, 0.2) is 77.1 Å². The second-order valence-corrected chi connectivity index (χ2v) is 5.03. The van der Waals surface area contributed by atoms with E-state index in [1.54, 1.807) is 6.20 Å². The van der Waals surface area contributed by atoms with Gasteiger partial charge < -0.3 is 5.32 Å². The number of para-hydroxylation sites is 1. The smallest absolute Gasteiger partial charge is 0.241 e. The first-order chi connectivity index (χ1) is 11.3. The lowest BCUT2D eigenvalue weighted by Crippen LogP contribution is -2.38. The summed E-state index contributed by atoms with van der Waals surface area (Å²) in [6.07, 6.45) is 1.76. The zero-order valence-corrected chi connectivity index (χ0v) is 13.1. The van der Waals surface area contributed by atoms with Crippen molar-refractivity contribution < 1.29 is 4.68 Å². The first-order valence-corrected chi connectivity index (χ1v) is 7.41. The van der Waals surface area contributed by atoms with Gasteiger partial charge in [-0.1, -0.05) is 36.4 Å². The summed E-state index contributed by atoms with van der Waals surface area (Å²) in [5, 5.41) is 16.4. The van der Waals surface area contributed by atoms with Crippen molar-refractivity contribution in [3.05, 3.63) is 72.6 Å². The fraction of sp³-hybridized carbons (Fsp3) is 0.111. The zero-order valence-electron chi connectivity index (χ0n) is 13.1. The Hall–Kier alpha value is -3.08. The molecule has 1 aromatic heterocycles. The molecule has 0 bridgehead atoms.